The molecule has 0 bridgehead atoms. The van der Waals surface area contributed by atoms with Crippen molar-refractivity contribution in [2.75, 3.05) is 12.0 Å². The van der Waals surface area contributed by atoms with Crippen molar-refractivity contribution < 1.29 is 4.74 Å². The molecule has 0 atom stereocenters. The Morgan fingerprint density at radius 2 is 2.25 bits per heavy atom. The number of rotatable bonds is 5. The Morgan fingerprint density at radius 3 is 2.90 bits per heavy atom. The molecular formula is C13H13Br2N3OS. The van der Waals surface area contributed by atoms with Crippen molar-refractivity contribution >= 4 is 54.5 Å². The summed E-state index contributed by atoms with van der Waals surface area (Å²) in [5.41, 5.74) is 4.78. The van der Waals surface area contributed by atoms with Crippen LogP contribution in [0.15, 0.2) is 31.6 Å². The highest BCUT2D eigenvalue weighted by Crippen LogP contribution is 2.32. The van der Waals surface area contributed by atoms with Gasteiger partial charge in [-0.25, -0.2) is 4.98 Å². The summed E-state index contributed by atoms with van der Waals surface area (Å²) in [6.07, 6.45) is 1.72. The minimum atomic E-state index is 0.597. The lowest BCUT2D eigenvalue weighted by molar-refractivity contribution is 0.337. The number of aryl methyl sites for hydroxylation is 1. The van der Waals surface area contributed by atoms with Crippen LogP contribution in [0.4, 0.5) is 5.13 Å². The molecular weight excluding hydrogens is 406 g/mol. The molecule has 0 aliphatic carbocycles. The number of benzene rings is 1. The van der Waals surface area contributed by atoms with Gasteiger partial charge in [-0.05, 0) is 41.9 Å². The lowest BCUT2D eigenvalue weighted by Crippen LogP contribution is -1.98. The first-order valence-corrected chi connectivity index (χ1v) is 8.39. The normalized spacial score (nSPS) is 11.0. The highest BCUT2D eigenvalue weighted by atomic mass is 79.9. The number of hydrogen-bond acceptors (Lipinski definition) is 5. The highest BCUT2D eigenvalue weighted by molar-refractivity contribution is 9.11. The van der Waals surface area contributed by atoms with Crippen molar-refractivity contribution in [1.82, 2.24) is 4.98 Å². The second-order valence-corrected chi connectivity index (χ2v) is 6.53. The Morgan fingerprint density at radius 1 is 1.45 bits per heavy atom. The van der Waals surface area contributed by atoms with E-state index in [0.29, 0.717) is 6.61 Å². The van der Waals surface area contributed by atoms with Gasteiger partial charge >= 0.3 is 0 Å². The molecule has 0 unspecified atom stereocenters. The van der Waals surface area contributed by atoms with E-state index in [9.17, 15) is 0 Å². The van der Waals surface area contributed by atoms with Gasteiger partial charge in [0.15, 0.2) is 0 Å². The zero-order valence-corrected chi connectivity index (χ0v) is 15.0. The van der Waals surface area contributed by atoms with Gasteiger partial charge in [0.25, 0.3) is 0 Å². The minimum absolute atomic E-state index is 0.597. The molecule has 2 rings (SSSR count). The van der Waals surface area contributed by atoms with E-state index in [4.69, 9.17) is 4.74 Å². The Balaban J connectivity index is 2.19. The van der Waals surface area contributed by atoms with E-state index < -0.39 is 0 Å². The molecule has 1 aromatic carbocycles. The number of thiazole rings is 1. The summed E-state index contributed by atoms with van der Waals surface area (Å²) in [5, 5.41) is 6.94. The molecule has 0 saturated carbocycles. The van der Waals surface area contributed by atoms with Crippen LogP contribution >= 0.6 is 43.2 Å². The summed E-state index contributed by atoms with van der Waals surface area (Å²) in [5.74, 6) is 0.775. The van der Waals surface area contributed by atoms with Crippen LogP contribution in [0.3, 0.4) is 0 Å². The third-order valence-corrected chi connectivity index (χ3v) is 4.22. The second-order valence-electron chi connectivity index (χ2n) is 3.90. The third kappa shape index (κ3) is 4.04. The quantitative estimate of drug-likeness (QED) is 0.559. The Kier molecular flexibility index (Phi) is 5.56. The van der Waals surface area contributed by atoms with E-state index >= 15 is 0 Å². The molecule has 0 aliphatic heterocycles. The zero-order valence-electron chi connectivity index (χ0n) is 11.0. The number of anilines is 1. The zero-order chi connectivity index (χ0) is 14.5. The molecule has 0 spiro atoms. The smallest absolute Gasteiger partial charge is 0.203 e. The van der Waals surface area contributed by atoms with Crippen LogP contribution in [-0.4, -0.2) is 17.8 Å². The van der Waals surface area contributed by atoms with Crippen LogP contribution in [0.5, 0.6) is 5.75 Å². The molecule has 0 fully saturated rings. The Labute approximate surface area is 138 Å². The summed E-state index contributed by atoms with van der Waals surface area (Å²) >= 11 is 8.47. The Bertz CT molecular complexity index is 628. The minimum Gasteiger partial charge on any atom is -0.492 e. The molecule has 1 aromatic heterocycles. The topological polar surface area (TPSA) is 46.5 Å². The van der Waals surface area contributed by atoms with E-state index in [-0.39, 0.29) is 0 Å². The lowest BCUT2D eigenvalue weighted by atomic mass is 10.2. The fourth-order valence-corrected chi connectivity index (χ4v) is 3.54. The van der Waals surface area contributed by atoms with Crippen LogP contribution < -0.4 is 10.2 Å². The predicted molar refractivity (Wildman–Crippen MR) is 91.1 cm³/mol. The molecule has 7 heteroatoms. The van der Waals surface area contributed by atoms with Crippen LogP contribution in [-0.2, 0) is 0 Å². The molecule has 1 N–H and O–H groups in total. The molecule has 2 aromatic rings. The second kappa shape index (κ2) is 7.19. The number of halogens is 2. The summed E-state index contributed by atoms with van der Waals surface area (Å²) < 4.78 is 7.48. The van der Waals surface area contributed by atoms with Gasteiger partial charge in [-0.1, -0.05) is 15.9 Å². The van der Waals surface area contributed by atoms with Gasteiger partial charge in [-0.3, -0.25) is 5.43 Å². The lowest BCUT2D eigenvalue weighted by Gasteiger charge is -2.09. The molecule has 4 nitrogen and oxygen atoms in total. The first-order valence-electron chi connectivity index (χ1n) is 5.93. The first-order chi connectivity index (χ1) is 9.60. The molecule has 0 amide bonds. The predicted octanol–water partition coefficient (Wildman–Crippen LogP) is 4.82. The van der Waals surface area contributed by atoms with Crippen molar-refractivity contribution in [2.45, 2.75) is 13.8 Å². The fraction of sp³-hybridized carbons (Fsp3) is 0.231. The van der Waals surface area contributed by atoms with E-state index in [1.54, 1.807) is 6.21 Å². The summed E-state index contributed by atoms with van der Waals surface area (Å²) in [6, 6.07) is 3.90. The number of hydrogen-bond donors (Lipinski definition) is 1. The third-order valence-electron chi connectivity index (χ3n) is 2.31. The molecule has 20 heavy (non-hydrogen) atoms. The van der Waals surface area contributed by atoms with Gasteiger partial charge in [0.2, 0.25) is 5.13 Å². The maximum Gasteiger partial charge on any atom is 0.203 e. The molecule has 0 radical (unpaired) electrons. The monoisotopic (exact) mass is 417 g/mol. The van der Waals surface area contributed by atoms with E-state index in [0.717, 1.165) is 31.1 Å². The van der Waals surface area contributed by atoms with E-state index in [1.807, 2.05) is 31.4 Å². The number of nitrogens with one attached hydrogen (secondary N) is 1. The van der Waals surface area contributed by atoms with Gasteiger partial charge in [0.1, 0.15) is 5.75 Å². The van der Waals surface area contributed by atoms with Crippen LogP contribution in [0.25, 0.3) is 0 Å². The van der Waals surface area contributed by atoms with Gasteiger partial charge in [0, 0.05) is 15.4 Å². The van der Waals surface area contributed by atoms with Gasteiger partial charge in [-0.2, -0.15) is 5.10 Å². The maximum atomic E-state index is 5.63. The summed E-state index contributed by atoms with van der Waals surface area (Å²) in [7, 11) is 0. The average Bonchev–Trinajstić information content (AvgIpc) is 2.79. The highest BCUT2D eigenvalue weighted by Gasteiger charge is 2.08. The standard InChI is InChI=1S/C13H13Br2N3OS/c1-3-19-12-9(4-10(14)5-11(12)15)6-16-18-13-17-8(2)7-20-13/h4-7H,3H2,1-2H3,(H,17,18). The number of hydrazone groups is 1. The summed E-state index contributed by atoms with van der Waals surface area (Å²) in [6.45, 7) is 4.50. The van der Waals surface area contributed by atoms with E-state index in [2.05, 4.69) is 47.4 Å². The van der Waals surface area contributed by atoms with Gasteiger partial charge < -0.3 is 4.74 Å². The first kappa shape index (κ1) is 15.5. The van der Waals surface area contributed by atoms with Gasteiger partial charge in [0.05, 0.1) is 23.0 Å². The molecule has 1 heterocycles. The molecule has 106 valence electrons. The van der Waals surface area contributed by atoms with Gasteiger partial charge in [-0.15, -0.1) is 11.3 Å². The largest absolute Gasteiger partial charge is 0.492 e. The SMILES string of the molecule is CCOc1c(Br)cc(Br)cc1C=NNc1nc(C)cs1. The van der Waals surface area contributed by atoms with Crippen molar-refractivity contribution in [3.05, 3.63) is 37.7 Å². The van der Waals surface area contributed by atoms with Crippen LogP contribution in [0, 0.1) is 6.92 Å². The fourth-order valence-electron chi connectivity index (χ4n) is 1.54. The average molecular weight is 419 g/mol. The maximum absolute atomic E-state index is 5.63. The van der Waals surface area contributed by atoms with Crippen molar-refractivity contribution in [1.29, 1.82) is 0 Å². The molecule has 0 aliphatic rings. The number of nitrogens with zero attached hydrogens (tertiary/aromatic N) is 2. The number of ether oxygens (including phenoxy) is 1. The number of aromatic nitrogens is 1. The van der Waals surface area contributed by atoms with Crippen LogP contribution in [0.2, 0.25) is 0 Å². The molecule has 0 saturated heterocycles. The Hall–Kier alpha value is -0.920. The van der Waals surface area contributed by atoms with Crippen molar-refractivity contribution in [3.8, 4) is 5.75 Å². The van der Waals surface area contributed by atoms with Crippen molar-refractivity contribution in [3.63, 3.8) is 0 Å². The van der Waals surface area contributed by atoms with Crippen molar-refractivity contribution in [2.24, 2.45) is 5.10 Å². The van der Waals surface area contributed by atoms with Crippen LogP contribution in [0.1, 0.15) is 18.2 Å². The van der Waals surface area contributed by atoms with E-state index in [1.165, 1.54) is 11.3 Å². The summed E-state index contributed by atoms with van der Waals surface area (Å²) in [4.78, 5) is 4.28.